The molecule has 1 N–H and O–H groups in total. The van der Waals surface area contributed by atoms with Crippen LogP contribution in [0, 0.1) is 12.8 Å². The van der Waals surface area contributed by atoms with Gasteiger partial charge < -0.3 is 24.4 Å². The normalized spacial score (nSPS) is 15.5. The lowest BCUT2D eigenvalue weighted by atomic mass is 9.97. The smallest absolute Gasteiger partial charge is 0.263 e. The molecule has 0 bridgehead atoms. The molecule has 4 rings (SSSR count). The fourth-order valence-corrected chi connectivity index (χ4v) is 4.06. The highest BCUT2D eigenvalue weighted by Gasteiger charge is 2.28. The predicted molar refractivity (Wildman–Crippen MR) is 130 cm³/mol. The number of anilines is 1. The van der Waals surface area contributed by atoms with Crippen molar-refractivity contribution < 1.29 is 19.0 Å². The van der Waals surface area contributed by atoms with Gasteiger partial charge in [0.1, 0.15) is 17.2 Å². The van der Waals surface area contributed by atoms with Crippen molar-refractivity contribution in [1.29, 1.82) is 0 Å². The number of hydrogen-bond donors (Lipinski definition) is 1. The second-order valence-corrected chi connectivity index (χ2v) is 8.28. The molecule has 2 heterocycles. The Morgan fingerprint density at radius 3 is 2.59 bits per heavy atom. The molecule has 1 atom stereocenters. The Bertz CT molecular complexity index is 1120. The summed E-state index contributed by atoms with van der Waals surface area (Å²) in [6.45, 7) is 3.73. The van der Waals surface area contributed by atoms with Gasteiger partial charge in [0.15, 0.2) is 5.82 Å². The topological polar surface area (TPSA) is 85.8 Å². The maximum Gasteiger partial charge on any atom is 0.263 e. The number of carbonyl (C=O) groups is 1. The predicted octanol–water partition coefficient (Wildman–Crippen LogP) is 4.13. The molecule has 0 radical (unpaired) electrons. The van der Waals surface area contributed by atoms with E-state index in [-0.39, 0.29) is 11.8 Å². The van der Waals surface area contributed by atoms with Crippen molar-refractivity contribution in [3.8, 4) is 23.1 Å². The van der Waals surface area contributed by atoms with Crippen LogP contribution in [0.15, 0.2) is 54.9 Å². The molecule has 3 aromatic rings. The van der Waals surface area contributed by atoms with Gasteiger partial charge in [-0.3, -0.25) is 4.79 Å². The molecule has 1 fully saturated rings. The van der Waals surface area contributed by atoms with E-state index in [0.29, 0.717) is 36.3 Å². The summed E-state index contributed by atoms with van der Waals surface area (Å²) in [5.74, 6) is 3.05. The summed E-state index contributed by atoms with van der Waals surface area (Å²) in [7, 11) is 3.23. The summed E-state index contributed by atoms with van der Waals surface area (Å²) in [6.07, 6.45) is 4.95. The fourth-order valence-electron chi connectivity index (χ4n) is 4.06. The Kier molecular flexibility index (Phi) is 7.47. The van der Waals surface area contributed by atoms with Crippen LogP contribution in [-0.2, 0) is 11.3 Å². The first-order valence-corrected chi connectivity index (χ1v) is 11.4. The second kappa shape index (κ2) is 10.9. The van der Waals surface area contributed by atoms with Crippen molar-refractivity contribution in [2.45, 2.75) is 26.3 Å². The Morgan fingerprint density at radius 1 is 1.06 bits per heavy atom. The van der Waals surface area contributed by atoms with E-state index in [1.807, 2.05) is 49.4 Å². The van der Waals surface area contributed by atoms with Gasteiger partial charge in [0.2, 0.25) is 5.91 Å². The standard InChI is InChI=1S/C26H30N4O4/c1-18-6-8-21(9-7-18)34-26-24(27-12-13-28-26)30-14-4-5-19(17-30)25(31)29-16-20-15-22(32-2)10-11-23(20)33-3/h6-13,15,19H,4-5,14,16-17H2,1-3H3,(H,29,31). The van der Waals surface area contributed by atoms with Gasteiger partial charge in [0, 0.05) is 37.6 Å². The molecule has 8 heteroatoms. The van der Waals surface area contributed by atoms with E-state index >= 15 is 0 Å². The van der Waals surface area contributed by atoms with Gasteiger partial charge >= 0.3 is 0 Å². The van der Waals surface area contributed by atoms with Crippen LogP contribution in [0.25, 0.3) is 0 Å². The number of benzene rings is 2. The quantitative estimate of drug-likeness (QED) is 0.539. The van der Waals surface area contributed by atoms with Crippen molar-refractivity contribution >= 4 is 11.7 Å². The molecule has 8 nitrogen and oxygen atoms in total. The lowest BCUT2D eigenvalue weighted by Gasteiger charge is -2.33. The first-order valence-electron chi connectivity index (χ1n) is 11.4. The highest BCUT2D eigenvalue weighted by Crippen LogP contribution is 2.31. The zero-order valence-electron chi connectivity index (χ0n) is 19.8. The number of rotatable bonds is 8. The minimum absolute atomic E-state index is 0.000494. The molecule has 34 heavy (non-hydrogen) atoms. The van der Waals surface area contributed by atoms with Gasteiger partial charge in [0.25, 0.3) is 5.88 Å². The maximum atomic E-state index is 13.0. The van der Waals surface area contributed by atoms with Gasteiger partial charge in [-0.05, 0) is 50.1 Å². The Morgan fingerprint density at radius 2 is 1.82 bits per heavy atom. The zero-order chi connectivity index (χ0) is 23.9. The van der Waals surface area contributed by atoms with E-state index < -0.39 is 0 Å². The van der Waals surface area contributed by atoms with Gasteiger partial charge in [-0.25, -0.2) is 9.97 Å². The van der Waals surface area contributed by atoms with Crippen LogP contribution in [-0.4, -0.2) is 43.2 Å². The minimum Gasteiger partial charge on any atom is -0.497 e. The third kappa shape index (κ3) is 5.57. The molecular weight excluding hydrogens is 432 g/mol. The van der Waals surface area contributed by atoms with Gasteiger partial charge in [-0.2, -0.15) is 0 Å². The van der Waals surface area contributed by atoms with Crippen molar-refractivity contribution in [2.75, 3.05) is 32.2 Å². The Labute approximate surface area is 199 Å². The van der Waals surface area contributed by atoms with Crippen LogP contribution in [0.2, 0.25) is 0 Å². The van der Waals surface area contributed by atoms with Crippen molar-refractivity contribution in [3.05, 3.63) is 66.0 Å². The zero-order valence-corrected chi connectivity index (χ0v) is 19.8. The number of amides is 1. The van der Waals surface area contributed by atoms with E-state index in [0.717, 1.165) is 36.3 Å². The molecule has 178 valence electrons. The van der Waals surface area contributed by atoms with Crippen LogP contribution in [0.4, 0.5) is 5.82 Å². The average molecular weight is 463 g/mol. The van der Waals surface area contributed by atoms with Crippen LogP contribution < -0.4 is 24.4 Å². The number of aromatic nitrogens is 2. The summed E-state index contributed by atoms with van der Waals surface area (Å²) in [5.41, 5.74) is 2.02. The molecule has 1 unspecified atom stereocenters. The van der Waals surface area contributed by atoms with Gasteiger partial charge in [0.05, 0.1) is 20.1 Å². The summed E-state index contributed by atoms with van der Waals surface area (Å²) < 4.78 is 16.7. The number of nitrogens with zero attached hydrogens (tertiary/aromatic N) is 3. The average Bonchev–Trinajstić information content (AvgIpc) is 2.88. The van der Waals surface area contributed by atoms with E-state index in [9.17, 15) is 4.79 Å². The molecule has 1 amide bonds. The maximum absolute atomic E-state index is 13.0. The van der Waals surface area contributed by atoms with E-state index in [4.69, 9.17) is 14.2 Å². The molecule has 1 aliphatic rings. The summed E-state index contributed by atoms with van der Waals surface area (Å²) >= 11 is 0. The fraction of sp³-hybridized carbons (Fsp3) is 0.346. The molecule has 1 saturated heterocycles. The summed E-state index contributed by atoms with van der Waals surface area (Å²) in [5, 5.41) is 3.06. The highest BCUT2D eigenvalue weighted by atomic mass is 16.5. The third-order valence-corrected chi connectivity index (χ3v) is 5.91. The largest absolute Gasteiger partial charge is 0.497 e. The van der Waals surface area contributed by atoms with Crippen molar-refractivity contribution in [3.63, 3.8) is 0 Å². The van der Waals surface area contributed by atoms with E-state index in [1.54, 1.807) is 26.6 Å². The number of carbonyl (C=O) groups excluding carboxylic acids is 1. The van der Waals surface area contributed by atoms with Crippen LogP contribution in [0.3, 0.4) is 0 Å². The number of ether oxygens (including phenoxy) is 3. The monoisotopic (exact) mass is 462 g/mol. The van der Waals surface area contributed by atoms with Gasteiger partial charge in [-0.15, -0.1) is 0 Å². The van der Waals surface area contributed by atoms with Crippen LogP contribution >= 0.6 is 0 Å². The first-order chi connectivity index (χ1) is 16.6. The third-order valence-electron chi connectivity index (χ3n) is 5.91. The molecule has 1 aromatic heterocycles. The second-order valence-electron chi connectivity index (χ2n) is 8.28. The summed E-state index contributed by atoms with van der Waals surface area (Å²) in [6, 6.07) is 13.3. The Balaban J connectivity index is 1.43. The number of aryl methyl sites for hydroxylation is 1. The number of nitrogens with one attached hydrogen (secondary N) is 1. The molecule has 2 aromatic carbocycles. The van der Waals surface area contributed by atoms with E-state index in [2.05, 4.69) is 20.2 Å². The lowest BCUT2D eigenvalue weighted by Crippen LogP contribution is -2.43. The summed E-state index contributed by atoms with van der Waals surface area (Å²) in [4.78, 5) is 24.0. The molecular formula is C26H30N4O4. The number of hydrogen-bond acceptors (Lipinski definition) is 7. The molecule has 0 spiro atoms. The van der Waals surface area contributed by atoms with Crippen molar-refractivity contribution in [1.82, 2.24) is 15.3 Å². The minimum atomic E-state index is -0.167. The SMILES string of the molecule is COc1ccc(OC)c(CNC(=O)C2CCCN(c3nccnc3Oc3ccc(C)cc3)C2)c1. The van der Waals surface area contributed by atoms with E-state index in [1.165, 1.54) is 0 Å². The molecule has 0 saturated carbocycles. The number of piperidine rings is 1. The molecule has 1 aliphatic heterocycles. The Hall–Kier alpha value is -3.81. The van der Waals surface area contributed by atoms with Crippen LogP contribution in [0.5, 0.6) is 23.1 Å². The van der Waals surface area contributed by atoms with Crippen LogP contribution in [0.1, 0.15) is 24.0 Å². The lowest BCUT2D eigenvalue weighted by molar-refractivity contribution is -0.125. The highest BCUT2D eigenvalue weighted by molar-refractivity contribution is 5.79. The molecule has 0 aliphatic carbocycles. The van der Waals surface area contributed by atoms with Crippen molar-refractivity contribution in [2.24, 2.45) is 5.92 Å². The first kappa shape index (κ1) is 23.4. The number of methoxy groups -OCH3 is 2. The van der Waals surface area contributed by atoms with Gasteiger partial charge in [-0.1, -0.05) is 17.7 Å².